The maximum atomic E-state index is 11.9. The topological polar surface area (TPSA) is 47.6 Å². The molecule has 108 valence electrons. The van der Waals surface area contributed by atoms with Gasteiger partial charge < -0.3 is 14.0 Å². The van der Waals surface area contributed by atoms with Crippen molar-refractivity contribution in [3.63, 3.8) is 0 Å². The van der Waals surface area contributed by atoms with Gasteiger partial charge in [-0.3, -0.25) is 5.09 Å². The van der Waals surface area contributed by atoms with Gasteiger partial charge in [0.15, 0.2) is 0 Å². The first-order valence-electron chi connectivity index (χ1n) is 6.47. The smallest absolute Gasteiger partial charge is 0.139 e. The fourth-order valence-corrected chi connectivity index (χ4v) is 2.90. The third kappa shape index (κ3) is 6.30. The molecule has 1 N–H and O–H groups in total. The van der Waals surface area contributed by atoms with Crippen LogP contribution in [0, 0.1) is 0 Å². The molecule has 0 bridgehead atoms. The molecule has 0 spiro atoms. The minimum absolute atomic E-state index is 0. The van der Waals surface area contributed by atoms with Gasteiger partial charge in [-0.2, -0.15) is 0 Å². The molecule has 0 radical (unpaired) electrons. The van der Waals surface area contributed by atoms with Gasteiger partial charge in [-0.25, -0.2) is 0 Å². The largest absolute Gasteiger partial charge is 0.376 e. The second kappa shape index (κ2) is 8.87. The van der Waals surface area contributed by atoms with Crippen LogP contribution < -0.4 is 5.09 Å². The van der Waals surface area contributed by atoms with Crippen LogP contribution >= 0.6 is 7.95 Å². The van der Waals surface area contributed by atoms with Crippen LogP contribution in [0.2, 0.25) is 0 Å². The second-order valence-electron chi connectivity index (χ2n) is 5.37. The fourth-order valence-electron chi connectivity index (χ4n) is 1.90. The van der Waals surface area contributed by atoms with E-state index in [0.717, 1.165) is 6.42 Å². The maximum absolute atomic E-state index is 11.9. The third-order valence-electron chi connectivity index (χ3n) is 2.89. The Kier molecular flexibility index (Phi) is 9.26. The van der Waals surface area contributed by atoms with Crippen molar-refractivity contribution < 1.29 is 35.1 Å². The van der Waals surface area contributed by atoms with Gasteiger partial charge in [-0.05, 0) is 27.2 Å². The number of hydrogen-bond donors (Lipinski definition) is 1. The standard InChI is InChI=1S/C12H26NO3P.W/c1-8(2)15-7-12-11(6-10(5)16-12)13-17(14)9(3)4;/h8-12,17H,6-7H2,1-5H3,(H,13,14);/t10-,11+,12+;/m0./s1. The molecule has 0 aromatic heterocycles. The summed E-state index contributed by atoms with van der Waals surface area (Å²) in [6.45, 7) is 10.6. The van der Waals surface area contributed by atoms with E-state index in [2.05, 4.69) is 12.0 Å². The van der Waals surface area contributed by atoms with Crippen molar-refractivity contribution in [3.8, 4) is 0 Å². The SMILES string of the molecule is CC(C)OC[C@H]1O[C@@H](C)C[C@H]1N[PH](=O)C(C)C.[W]. The molecule has 4 atom stereocenters. The van der Waals surface area contributed by atoms with Crippen LogP contribution in [-0.4, -0.2) is 36.6 Å². The van der Waals surface area contributed by atoms with Crippen LogP contribution in [0.5, 0.6) is 0 Å². The molecule has 18 heavy (non-hydrogen) atoms. The maximum Gasteiger partial charge on any atom is 0.139 e. The van der Waals surface area contributed by atoms with Gasteiger partial charge in [0.25, 0.3) is 0 Å². The van der Waals surface area contributed by atoms with E-state index in [0.29, 0.717) is 6.61 Å². The zero-order valence-corrected chi connectivity index (χ0v) is 15.9. The van der Waals surface area contributed by atoms with Crippen molar-refractivity contribution in [2.24, 2.45) is 0 Å². The molecule has 0 aliphatic carbocycles. The zero-order valence-electron chi connectivity index (χ0n) is 11.9. The van der Waals surface area contributed by atoms with Gasteiger partial charge in [0.2, 0.25) is 0 Å². The van der Waals surface area contributed by atoms with Gasteiger partial charge in [0.1, 0.15) is 7.95 Å². The molecule has 6 heteroatoms. The summed E-state index contributed by atoms with van der Waals surface area (Å²) in [5, 5.41) is 3.22. The molecular formula is C12H26NO3PW. The summed E-state index contributed by atoms with van der Waals surface area (Å²) in [6.07, 6.45) is 1.36. The first-order chi connectivity index (χ1) is 7.90. The van der Waals surface area contributed by atoms with E-state index < -0.39 is 7.95 Å². The Labute approximate surface area is 126 Å². The van der Waals surface area contributed by atoms with Gasteiger partial charge in [-0.1, -0.05) is 13.8 Å². The Morgan fingerprint density at radius 3 is 2.50 bits per heavy atom. The molecule has 1 fully saturated rings. The molecule has 0 aromatic carbocycles. The first kappa shape index (κ1) is 18.8. The Morgan fingerprint density at radius 1 is 1.39 bits per heavy atom. The van der Waals surface area contributed by atoms with E-state index in [-0.39, 0.29) is 51.1 Å². The number of ether oxygens (including phenoxy) is 2. The fraction of sp³-hybridized carbons (Fsp3) is 1.00. The predicted molar refractivity (Wildman–Crippen MR) is 71.1 cm³/mol. The van der Waals surface area contributed by atoms with Crippen molar-refractivity contribution in [2.75, 3.05) is 6.61 Å². The van der Waals surface area contributed by atoms with Crippen LogP contribution in [0.1, 0.15) is 41.0 Å². The molecule has 1 heterocycles. The first-order valence-corrected chi connectivity index (χ1v) is 7.96. The zero-order chi connectivity index (χ0) is 13.0. The summed E-state index contributed by atoms with van der Waals surface area (Å²) in [7, 11) is -1.72. The van der Waals surface area contributed by atoms with Crippen molar-refractivity contribution in [3.05, 3.63) is 0 Å². The molecule has 0 amide bonds. The minimum Gasteiger partial charge on any atom is -0.376 e. The van der Waals surface area contributed by atoms with Crippen LogP contribution in [0.15, 0.2) is 0 Å². The Bertz CT molecular complexity index is 264. The summed E-state index contributed by atoms with van der Waals surface area (Å²) in [5.74, 6) is 0. The van der Waals surface area contributed by atoms with E-state index in [1.165, 1.54) is 0 Å². The molecule has 1 saturated heterocycles. The summed E-state index contributed by atoms with van der Waals surface area (Å²) < 4.78 is 23.3. The quantitative estimate of drug-likeness (QED) is 0.636. The predicted octanol–water partition coefficient (Wildman–Crippen LogP) is 2.43. The van der Waals surface area contributed by atoms with Crippen molar-refractivity contribution in [1.29, 1.82) is 0 Å². The number of hydrogen-bond acceptors (Lipinski definition) is 3. The minimum atomic E-state index is -1.72. The van der Waals surface area contributed by atoms with Gasteiger partial charge in [0, 0.05) is 32.8 Å². The third-order valence-corrected chi connectivity index (χ3v) is 4.59. The van der Waals surface area contributed by atoms with Crippen LogP contribution in [0.4, 0.5) is 0 Å². The molecule has 1 aliphatic heterocycles. The number of rotatable bonds is 6. The number of nitrogens with one attached hydrogen (secondary N) is 1. The normalized spacial score (nSPS) is 29.6. The average molecular weight is 447 g/mol. The van der Waals surface area contributed by atoms with Crippen LogP contribution in [0.3, 0.4) is 0 Å². The van der Waals surface area contributed by atoms with Gasteiger partial charge in [0.05, 0.1) is 24.9 Å². The molecule has 1 unspecified atom stereocenters. The van der Waals surface area contributed by atoms with Gasteiger partial charge in [-0.15, -0.1) is 0 Å². The summed E-state index contributed by atoms with van der Waals surface area (Å²) >= 11 is 0. The van der Waals surface area contributed by atoms with E-state index in [1.807, 2.05) is 27.7 Å². The van der Waals surface area contributed by atoms with Crippen molar-refractivity contribution in [2.45, 2.75) is 71.1 Å². The average Bonchev–Trinajstić information content (AvgIpc) is 2.55. The van der Waals surface area contributed by atoms with Crippen molar-refractivity contribution in [1.82, 2.24) is 5.09 Å². The van der Waals surface area contributed by atoms with Gasteiger partial charge >= 0.3 is 0 Å². The molecule has 1 rings (SSSR count). The summed E-state index contributed by atoms with van der Waals surface area (Å²) in [5.41, 5.74) is 0.197. The Balaban J connectivity index is 0.00000289. The molecule has 0 saturated carbocycles. The van der Waals surface area contributed by atoms with E-state index >= 15 is 0 Å². The Hall–Kier alpha value is 0.798. The van der Waals surface area contributed by atoms with E-state index in [4.69, 9.17) is 9.47 Å². The molecule has 4 nitrogen and oxygen atoms in total. The summed E-state index contributed by atoms with van der Waals surface area (Å²) in [4.78, 5) is 0. The van der Waals surface area contributed by atoms with Crippen LogP contribution in [0.25, 0.3) is 0 Å². The monoisotopic (exact) mass is 447 g/mol. The summed E-state index contributed by atoms with van der Waals surface area (Å²) in [6, 6.07) is 0.164. The molecule has 0 aromatic rings. The van der Waals surface area contributed by atoms with Crippen molar-refractivity contribution >= 4 is 7.95 Å². The Morgan fingerprint density at radius 2 is 2.00 bits per heavy atom. The van der Waals surface area contributed by atoms with Crippen LogP contribution in [-0.2, 0) is 35.1 Å². The van der Waals surface area contributed by atoms with E-state index in [1.54, 1.807) is 0 Å². The second-order valence-corrected chi connectivity index (χ2v) is 7.54. The van der Waals surface area contributed by atoms with E-state index in [9.17, 15) is 4.57 Å². The molecule has 1 aliphatic rings. The molecular weight excluding hydrogens is 421 g/mol.